The van der Waals surface area contributed by atoms with Crippen molar-refractivity contribution in [3.05, 3.63) is 102 Å². The van der Waals surface area contributed by atoms with Crippen molar-refractivity contribution >= 4 is 6.09 Å². The van der Waals surface area contributed by atoms with Gasteiger partial charge in [-0.3, -0.25) is 0 Å². The maximum absolute atomic E-state index is 14.0. The van der Waals surface area contributed by atoms with E-state index in [0.29, 0.717) is 23.7 Å². The lowest BCUT2D eigenvalue weighted by molar-refractivity contribution is -0.944. The van der Waals surface area contributed by atoms with Crippen LogP contribution < -0.4 is 27.0 Å². The minimum atomic E-state index is -0.911. The quantitative estimate of drug-likeness (QED) is 0.310. The molecule has 3 saturated heterocycles. The third kappa shape index (κ3) is 6.91. The molecule has 0 saturated carbocycles. The SMILES string of the molecule is O=C(NC1C[N+]2(CCCOc3ccccc3)CCC1CC2)OC(c1cccc(F)c1)c1cccc(F)c1.[Br-]. The molecule has 2 bridgehead atoms. The Bertz CT molecular complexity index is 1160. The van der Waals surface area contributed by atoms with Gasteiger partial charge in [-0.2, -0.15) is 0 Å². The lowest BCUT2D eigenvalue weighted by Crippen LogP contribution is -3.00. The van der Waals surface area contributed by atoms with Gasteiger partial charge in [-0.25, -0.2) is 13.6 Å². The predicted molar refractivity (Wildman–Crippen MR) is 137 cm³/mol. The lowest BCUT2D eigenvalue weighted by Gasteiger charge is -2.52. The number of carbonyl (C=O) groups is 1. The monoisotopic (exact) mass is 586 g/mol. The number of benzene rings is 3. The van der Waals surface area contributed by atoms with E-state index in [2.05, 4.69) is 5.32 Å². The van der Waals surface area contributed by atoms with Crippen molar-refractivity contribution in [1.82, 2.24) is 5.32 Å². The number of carbonyl (C=O) groups excluding carboxylic acids is 1. The standard InChI is InChI=1S/C30H32F2N2O3.BrH/c31-25-9-4-7-23(19-25)29(24-8-5-10-26(32)20-24)37-30(35)33-28-21-34(16-13-22(28)14-17-34)15-6-18-36-27-11-2-1-3-12-27;/h1-5,7-12,19-20,22,28-29H,6,13-18,21H2;1H. The van der Waals surface area contributed by atoms with Crippen LogP contribution in [0, 0.1) is 17.6 Å². The fourth-order valence-electron chi connectivity index (χ4n) is 5.83. The number of para-hydroxylation sites is 1. The minimum Gasteiger partial charge on any atom is -1.00 e. The van der Waals surface area contributed by atoms with Gasteiger partial charge in [0, 0.05) is 19.3 Å². The molecule has 1 N–H and O–H groups in total. The van der Waals surface area contributed by atoms with Gasteiger partial charge in [0.25, 0.3) is 0 Å². The third-order valence-electron chi connectivity index (χ3n) is 7.72. The number of hydrogen-bond donors (Lipinski definition) is 1. The maximum Gasteiger partial charge on any atom is 0.408 e. The molecule has 0 radical (unpaired) electrons. The van der Waals surface area contributed by atoms with Crippen molar-refractivity contribution in [3.8, 4) is 5.75 Å². The highest BCUT2D eigenvalue weighted by Crippen LogP contribution is 2.35. The Labute approximate surface area is 233 Å². The van der Waals surface area contributed by atoms with Crippen LogP contribution in [0.2, 0.25) is 0 Å². The summed E-state index contributed by atoms with van der Waals surface area (Å²) in [6, 6.07) is 21.6. The molecule has 5 nitrogen and oxygen atoms in total. The van der Waals surface area contributed by atoms with Gasteiger partial charge in [-0.1, -0.05) is 42.5 Å². The number of nitrogens with one attached hydrogen (secondary N) is 1. The van der Waals surface area contributed by atoms with Gasteiger partial charge in [-0.15, -0.1) is 0 Å². The Balaban J connectivity index is 0.00000336. The molecular formula is C30H33BrF2N2O3. The number of ether oxygens (including phenoxy) is 2. The molecule has 0 aliphatic carbocycles. The first-order valence-corrected chi connectivity index (χ1v) is 13.0. The number of fused-ring (bicyclic) bond motifs is 3. The highest BCUT2D eigenvalue weighted by atomic mass is 79.9. The zero-order chi connectivity index (χ0) is 25.7. The summed E-state index contributed by atoms with van der Waals surface area (Å²) in [6.45, 7) is 4.74. The number of amides is 1. The van der Waals surface area contributed by atoms with Crippen LogP contribution in [0.15, 0.2) is 78.9 Å². The van der Waals surface area contributed by atoms with E-state index in [9.17, 15) is 13.6 Å². The Morgan fingerprint density at radius 1 is 0.921 bits per heavy atom. The molecule has 38 heavy (non-hydrogen) atoms. The molecule has 3 aliphatic rings. The molecule has 3 heterocycles. The summed E-state index contributed by atoms with van der Waals surface area (Å²) >= 11 is 0. The summed E-state index contributed by atoms with van der Waals surface area (Å²) in [5.41, 5.74) is 0.910. The number of rotatable bonds is 9. The van der Waals surface area contributed by atoms with Gasteiger partial charge in [0.1, 0.15) is 17.4 Å². The topological polar surface area (TPSA) is 47.6 Å². The highest BCUT2D eigenvalue weighted by molar-refractivity contribution is 5.68. The molecule has 8 heteroatoms. The van der Waals surface area contributed by atoms with Gasteiger partial charge in [0.05, 0.1) is 38.8 Å². The molecule has 3 aliphatic heterocycles. The molecule has 0 spiro atoms. The second-order valence-corrected chi connectivity index (χ2v) is 10.2. The van der Waals surface area contributed by atoms with Crippen molar-refractivity contribution in [2.24, 2.45) is 5.92 Å². The molecule has 0 aromatic heterocycles. The fraction of sp³-hybridized carbons (Fsp3) is 0.367. The predicted octanol–water partition coefficient (Wildman–Crippen LogP) is 2.86. The van der Waals surface area contributed by atoms with E-state index in [1.807, 2.05) is 30.3 Å². The van der Waals surface area contributed by atoms with Crippen molar-refractivity contribution < 1.29 is 44.5 Å². The zero-order valence-corrected chi connectivity index (χ0v) is 22.8. The first kappa shape index (κ1) is 28.0. The van der Waals surface area contributed by atoms with Crippen LogP contribution in [0.4, 0.5) is 13.6 Å². The number of halogens is 3. The normalized spacial score (nSPS) is 22.0. The molecule has 1 unspecified atom stereocenters. The van der Waals surface area contributed by atoms with Crippen LogP contribution in [-0.4, -0.2) is 49.4 Å². The summed E-state index contributed by atoms with van der Waals surface area (Å²) in [7, 11) is 0. The van der Waals surface area contributed by atoms with Gasteiger partial charge >= 0.3 is 6.09 Å². The van der Waals surface area contributed by atoms with Crippen molar-refractivity contribution in [2.75, 3.05) is 32.8 Å². The van der Waals surface area contributed by atoms with E-state index >= 15 is 0 Å². The van der Waals surface area contributed by atoms with Gasteiger partial charge < -0.3 is 36.3 Å². The third-order valence-corrected chi connectivity index (χ3v) is 7.72. The fourth-order valence-corrected chi connectivity index (χ4v) is 5.83. The Kier molecular flexibility index (Phi) is 9.39. The average Bonchev–Trinajstić information content (AvgIpc) is 2.91. The van der Waals surface area contributed by atoms with Crippen LogP contribution in [-0.2, 0) is 4.74 Å². The number of nitrogens with zero attached hydrogens (tertiary/aromatic N) is 1. The first-order chi connectivity index (χ1) is 18.0. The molecule has 6 rings (SSSR count). The number of piperidine rings is 3. The summed E-state index contributed by atoms with van der Waals surface area (Å²) < 4.78 is 40.6. The van der Waals surface area contributed by atoms with E-state index < -0.39 is 23.8 Å². The number of quaternary nitrogens is 1. The zero-order valence-electron chi connectivity index (χ0n) is 21.2. The smallest absolute Gasteiger partial charge is 0.408 e. The maximum atomic E-state index is 14.0. The van der Waals surface area contributed by atoms with Gasteiger partial charge in [0.2, 0.25) is 0 Å². The lowest BCUT2D eigenvalue weighted by atomic mass is 9.81. The summed E-state index contributed by atoms with van der Waals surface area (Å²) in [5, 5.41) is 3.10. The largest absolute Gasteiger partial charge is 1.00 e. The molecule has 1 amide bonds. The van der Waals surface area contributed by atoms with Crippen LogP contribution in [0.1, 0.15) is 36.5 Å². The molecule has 3 aromatic rings. The van der Waals surface area contributed by atoms with Crippen molar-refractivity contribution in [1.29, 1.82) is 0 Å². The number of alkyl carbamates (subject to hydrolysis) is 1. The first-order valence-electron chi connectivity index (χ1n) is 13.0. The molecule has 3 aromatic carbocycles. The minimum absolute atomic E-state index is 0. The number of hydrogen-bond acceptors (Lipinski definition) is 3. The van der Waals surface area contributed by atoms with E-state index in [1.54, 1.807) is 24.3 Å². The van der Waals surface area contributed by atoms with E-state index in [1.165, 1.54) is 24.3 Å². The molecule has 1 atom stereocenters. The van der Waals surface area contributed by atoms with E-state index in [0.717, 1.165) is 55.7 Å². The summed E-state index contributed by atoms with van der Waals surface area (Å²) in [5.74, 6) is 0.411. The Hall–Kier alpha value is -2.97. The molecular weight excluding hydrogens is 554 g/mol. The summed E-state index contributed by atoms with van der Waals surface area (Å²) in [4.78, 5) is 13.1. The van der Waals surface area contributed by atoms with Gasteiger partial charge in [0.15, 0.2) is 6.10 Å². The second-order valence-electron chi connectivity index (χ2n) is 10.2. The van der Waals surface area contributed by atoms with E-state index in [-0.39, 0.29) is 23.0 Å². The van der Waals surface area contributed by atoms with Gasteiger partial charge in [-0.05, 0) is 53.4 Å². The summed E-state index contributed by atoms with van der Waals surface area (Å²) in [6.07, 6.45) is 1.58. The van der Waals surface area contributed by atoms with Crippen molar-refractivity contribution in [3.63, 3.8) is 0 Å². The highest BCUT2D eigenvalue weighted by Gasteiger charge is 2.46. The van der Waals surface area contributed by atoms with Crippen LogP contribution >= 0.6 is 0 Å². The van der Waals surface area contributed by atoms with Crippen LogP contribution in [0.5, 0.6) is 5.75 Å². The van der Waals surface area contributed by atoms with Crippen molar-refractivity contribution in [2.45, 2.75) is 31.4 Å². The van der Waals surface area contributed by atoms with Crippen LogP contribution in [0.3, 0.4) is 0 Å². The molecule has 202 valence electrons. The Morgan fingerprint density at radius 2 is 1.55 bits per heavy atom. The van der Waals surface area contributed by atoms with E-state index in [4.69, 9.17) is 9.47 Å². The van der Waals surface area contributed by atoms with Crippen LogP contribution in [0.25, 0.3) is 0 Å². The molecule has 3 fully saturated rings. The average molecular weight is 588 g/mol. The Morgan fingerprint density at radius 3 is 2.16 bits per heavy atom. The second kappa shape index (κ2) is 12.7.